The first-order valence-electron chi connectivity index (χ1n) is 4.84. The highest BCUT2D eigenvalue weighted by Crippen LogP contribution is 2.32. The molecule has 0 unspecified atom stereocenters. The molecule has 1 aromatic carbocycles. The number of phenols is 1. The van der Waals surface area contributed by atoms with E-state index in [1.807, 2.05) is 0 Å². The van der Waals surface area contributed by atoms with Crippen LogP contribution >= 0.6 is 15.9 Å². The van der Waals surface area contributed by atoms with Gasteiger partial charge < -0.3 is 15.2 Å². The molecule has 2 N–H and O–H groups in total. The summed E-state index contributed by atoms with van der Waals surface area (Å²) in [5.74, 6) is 6.63. The molecular formula is C12H14BrNO2. The van der Waals surface area contributed by atoms with Crippen molar-refractivity contribution in [3.63, 3.8) is 0 Å². The minimum absolute atomic E-state index is 0.234. The number of ether oxygens (including phenoxy) is 1. The summed E-state index contributed by atoms with van der Waals surface area (Å²) >= 11 is 3.27. The monoisotopic (exact) mass is 283 g/mol. The molecule has 0 amide bonds. The van der Waals surface area contributed by atoms with E-state index in [0.717, 1.165) is 5.56 Å². The number of aromatic hydroxyl groups is 1. The van der Waals surface area contributed by atoms with Gasteiger partial charge in [-0.2, -0.15) is 0 Å². The number of halogens is 1. The van der Waals surface area contributed by atoms with E-state index < -0.39 is 0 Å². The van der Waals surface area contributed by atoms with Crippen molar-refractivity contribution in [1.29, 1.82) is 0 Å². The Balaban J connectivity index is 2.76. The third-order valence-corrected chi connectivity index (χ3v) is 2.66. The lowest BCUT2D eigenvalue weighted by molar-refractivity contribution is 0.409. The van der Waals surface area contributed by atoms with Crippen LogP contribution in [-0.2, 0) is 6.54 Å². The van der Waals surface area contributed by atoms with Crippen molar-refractivity contribution >= 4 is 15.9 Å². The van der Waals surface area contributed by atoms with E-state index in [0.29, 0.717) is 23.3 Å². The molecule has 0 saturated heterocycles. The summed E-state index contributed by atoms with van der Waals surface area (Å²) in [4.78, 5) is 0. The van der Waals surface area contributed by atoms with Gasteiger partial charge >= 0.3 is 0 Å². The van der Waals surface area contributed by atoms with Crippen molar-refractivity contribution < 1.29 is 9.84 Å². The molecule has 0 atom stereocenters. The van der Waals surface area contributed by atoms with Gasteiger partial charge in [0.15, 0.2) is 0 Å². The molecule has 0 fully saturated rings. The number of nitrogens with one attached hydrogen (secondary N) is 1. The minimum Gasteiger partial charge on any atom is -0.506 e. The van der Waals surface area contributed by atoms with Crippen LogP contribution in [0.5, 0.6) is 11.5 Å². The molecule has 0 aromatic heterocycles. The van der Waals surface area contributed by atoms with E-state index in [9.17, 15) is 5.11 Å². The zero-order valence-corrected chi connectivity index (χ0v) is 10.9. The van der Waals surface area contributed by atoms with Crippen LogP contribution < -0.4 is 10.1 Å². The summed E-state index contributed by atoms with van der Waals surface area (Å²) in [5, 5.41) is 12.9. The lowest BCUT2D eigenvalue weighted by Gasteiger charge is -2.09. The fourth-order valence-electron chi connectivity index (χ4n) is 1.23. The van der Waals surface area contributed by atoms with Crippen molar-refractivity contribution in [3.05, 3.63) is 22.2 Å². The summed E-state index contributed by atoms with van der Waals surface area (Å²) in [6, 6.07) is 3.52. The van der Waals surface area contributed by atoms with E-state index >= 15 is 0 Å². The smallest absolute Gasteiger partial charge is 0.134 e. The fraction of sp³-hybridized carbons (Fsp3) is 0.333. The fourth-order valence-corrected chi connectivity index (χ4v) is 1.71. The molecule has 16 heavy (non-hydrogen) atoms. The van der Waals surface area contributed by atoms with E-state index in [1.165, 1.54) is 0 Å². The van der Waals surface area contributed by atoms with Gasteiger partial charge in [0.2, 0.25) is 0 Å². The van der Waals surface area contributed by atoms with Crippen LogP contribution in [0.25, 0.3) is 0 Å². The molecule has 0 radical (unpaired) electrons. The first kappa shape index (κ1) is 12.9. The Kier molecular flexibility index (Phi) is 5.17. The lowest BCUT2D eigenvalue weighted by Crippen LogP contribution is -2.13. The van der Waals surface area contributed by atoms with E-state index in [2.05, 4.69) is 33.1 Å². The van der Waals surface area contributed by atoms with Gasteiger partial charge in [-0.15, -0.1) is 5.92 Å². The predicted octanol–water partition coefficient (Wildman–Crippen LogP) is 2.28. The Bertz CT molecular complexity index is 421. The standard InChI is InChI=1S/C12H14BrNO2/c1-3-4-5-14-8-9-6-10(16-2)7-11(13)12(9)15/h6-7,14-15H,5,8H2,1-2H3. The second-order valence-electron chi connectivity index (χ2n) is 3.15. The van der Waals surface area contributed by atoms with Crippen LogP contribution in [0, 0.1) is 11.8 Å². The molecule has 0 aliphatic heterocycles. The minimum atomic E-state index is 0.234. The second kappa shape index (κ2) is 6.41. The Labute approximate surface area is 104 Å². The highest BCUT2D eigenvalue weighted by molar-refractivity contribution is 9.10. The number of methoxy groups -OCH3 is 1. The van der Waals surface area contributed by atoms with Crippen molar-refractivity contribution in [2.45, 2.75) is 13.5 Å². The van der Waals surface area contributed by atoms with Crippen molar-refractivity contribution in [2.24, 2.45) is 0 Å². The molecule has 4 heteroatoms. The summed E-state index contributed by atoms with van der Waals surface area (Å²) in [5.41, 5.74) is 0.782. The molecule has 0 aliphatic rings. The van der Waals surface area contributed by atoms with Crippen LogP contribution in [0.3, 0.4) is 0 Å². The Hall–Kier alpha value is -1.18. The van der Waals surface area contributed by atoms with Crippen molar-refractivity contribution in [1.82, 2.24) is 5.32 Å². The Morgan fingerprint density at radius 1 is 1.50 bits per heavy atom. The van der Waals surface area contributed by atoms with Gasteiger partial charge in [0.05, 0.1) is 18.1 Å². The summed E-state index contributed by atoms with van der Waals surface area (Å²) in [6.45, 7) is 2.95. The van der Waals surface area contributed by atoms with Crippen LogP contribution in [0.15, 0.2) is 16.6 Å². The normalized spacial score (nSPS) is 9.44. The van der Waals surface area contributed by atoms with Gasteiger partial charge in [0.25, 0.3) is 0 Å². The number of hydrogen-bond donors (Lipinski definition) is 2. The number of rotatable bonds is 4. The zero-order chi connectivity index (χ0) is 12.0. The molecule has 0 bridgehead atoms. The van der Waals surface area contributed by atoms with Gasteiger partial charge in [0.1, 0.15) is 11.5 Å². The first-order chi connectivity index (χ1) is 7.69. The van der Waals surface area contributed by atoms with Crippen LogP contribution in [0.4, 0.5) is 0 Å². The highest BCUT2D eigenvalue weighted by Gasteiger charge is 2.07. The maximum atomic E-state index is 9.80. The molecule has 0 saturated carbocycles. The topological polar surface area (TPSA) is 41.5 Å². The second-order valence-corrected chi connectivity index (χ2v) is 4.00. The zero-order valence-electron chi connectivity index (χ0n) is 9.30. The van der Waals surface area contributed by atoms with Crippen molar-refractivity contribution in [3.8, 4) is 23.3 Å². The third-order valence-electron chi connectivity index (χ3n) is 2.06. The highest BCUT2D eigenvalue weighted by atomic mass is 79.9. The third kappa shape index (κ3) is 3.44. The van der Waals surface area contributed by atoms with E-state index in [1.54, 1.807) is 26.2 Å². The SMILES string of the molecule is CC#CCNCc1cc(OC)cc(Br)c1O. The van der Waals surface area contributed by atoms with Gasteiger partial charge in [0, 0.05) is 12.1 Å². The number of phenolic OH excluding ortho intramolecular Hbond substituents is 1. The quantitative estimate of drug-likeness (QED) is 0.658. The predicted molar refractivity (Wildman–Crippen MR) is 67.5 cm³/mol. The largest absolute Gasteiger partial charge is 0.506 e. The van der Waals surface area contributed by atoms with Crippen LogP contribution in [-0.4, -0.2) is 18.8 Å². The number of benzene rings is 1. The average Bonchev–Trinajstić information content (AvgIpc) is 2.29. The molecule has 1 rings (SSSR count). The van der Waals surface area contributed by atoms with E-state index in [4.69, 9.17) is 4.74 Å². The van der Waals surface area contributed by atoms with Crippen LogP contribution in [0.2, 0.25) is 0 Å². The molecule has 1 aromatic rings. The maximum Gasteiger partial charge on any atom is 0.134 e. The molecule has 86 valence electrons. The van der Waals surface area contributed by atoms with Gasteiger partial charge in [-0.05, 0) is 35.0 Å². The Morgan fingerprint density at radius 3 is 2.88 bits per heavy atom. The number of hydrogen-bond acceptors (Lipinski definition) is 3. The maximum absolute atomic E-state index is 9.80. The average molecular weight is 284 g/mol. The van der Waals surface area contributed by atoms with Crippen molar-refractivity contribution in [2.75, 3.05) is 13.7 Å². The van der Waals surface area contributed by atoms with Gasteiger partial charge in [-0.25, -0.2) is 0 Å². The summed E-state index contributed by atoms with van der Waals surface area (Å²) in [7, 11) is 1.60. The Morgan fingerprint density at radius 2 is 2.25 bits per heavy atom. The summed E-state index contributed by atoms with van der Waals surface area (Å²) in [6.07, 6.45) is 0. The molecule has 0 heterocycles. The molecular weight excluding hydrogens is 270 g/mol. The lowest BCUT2D eigenvalue weighted by atomic mass is 10.2. The van der Waals surface area contributed by atoms with E-state index in [-0.39, 0.29) is 5.75 Å². The van der Waals surface area contributed by atoms with Gasteiger partial charge in [-0.3, -0.25) is 0 Å². The molecule has 0 spiro atoms. The first-order valence-corrected chi connectivity index (χ1v) is 5.64. The molecule has 3 nitrogen and oxygen atoms in total. The van der Waals surface area contributed by atoms with Gasteiger partial charge in [-0.1, -0.05) is 5.92 Å². The summed E-state index contributed by atoms with van der Waals surface area (Å²) < 4.78 is 5.75. The molecule has 0 aliphatic carbocycles. The van der Waals surface area contributed by atoms with Crippen LogP contribution in [0.1, 0.15) is 12.5 Å².